The second kappa shape index (κ2) is 3.27. The lowest BCUT2D eigenvalue weighted by Gasteiger charge is -2.13. The van der Waals surface area contributed by atoms with Gasteiger partial charge in [0.25, 0.3) is 0 Å². The van der Waals surface area contributed by atoms with E-state index in [1.807, 2.05) is 7.05 Å². The summed E-state index contributed by atoms with van der Waals surface area (Å²) in [5, 5.41) is 13.7. The number of nitro benzene ring substituents is 1. The first kappa shape index (κ1) is 10.0. The third-order valence-corrected chi connectivity index (χ3v) is 2.92. The van der Waals surface area contributed by atoms with E-state index in [0.717, 1.165) is 24.5 Å². The van der Waals surface area contributed by atoms with Crippen molar-refractivity contribution >= 4 is 5.69 Å². The van der Waals surface area contributed by atoms with Crippen molar-refractivity contribution in [1.29, 1.82) is 0 Å². The topological polar surface area (TPSA) is 55.2 Å². The molecule has 2 rings (SSSR count). The highest BCUT2D eigenvalue weighted by atomic mass is 19.1. The second-order valence-electron chi connectivity index (χ2n) is 3.76. The minimum absolute atomic E-state index is 0.168. The average molecular weight is 210 g/mol. The van der Waals surface area contributed by atoms with Crippen LogP contribution >= 0.6 is 0 Å². The van der Waals surface area contributed by atoms with Crippen LogP contribution in [0.3, 0.4) is 0 Å². The van der Waals surface area contributed by atoms with Crippen molar-refractivity contribution in [1.82, 2.24) is 5.32 Å². The molecule has 1 fully saturated rings. The minimum Gasteiger partial charge on any atom is -0.310 e. The van der Waals surface area contributed by atoms with Gasteiger partial charge in [-0.25, -0.2) is 0 Å². The molecule has 1 aliphatic carbocycles. The third kappa shape index (κ3) is 1.59. The molecule has 5 heteroatoms. The lowest BCUT2D eigenvalue weighted by atomic mass is 10.0. The maximum atomic E-state index is 13.1. The first-order valence-corrected chi connectivity index (χ1v) is 4.72. The zero-order valence-electron chi connectivity index (χ0n) is 8.29. The fourth-order valence-corrected chi connectivity index (χ4v) is 1.76. The minimum atomic E-state index is -0.782. The van der Waals surface area contributed by atoms with E-state index in [2.05, 4.69) is 5.32 Å². The van der Waals surface area contributed by atoms with Crippen LogP contribution in [-0.4, -0.2) is 12.0 Å². The van der Waals surface area contributed by atoms with E-state index in [1.165, 1.54) is 6.07 Å². The van der Waals surface area contributed by atoms with E-state index < -0.39 is 16.4 Å². The Kier molecular flexibility index (Phi) is 2.19. The van der Waals surface area contributed by atoms with Gasteiger partial charge in [0.05, 0.1) is 4.92 Å². The van der Waals surface area contributed by atoms with Crippen LogP contribution in [0.4, 0.5) is 10.1 Å². The molecule has 1 aromatic carbocycles. The van der Waals surface area contributed by atoms with E-state index in [1.54, 1.807) is 6.07 Å². The summed E-state index contributed by atoms with van der Waals surface area (Å²) in [5.74, 6) is -0.782. The molecule has 0 aliphatic heterocycles. The number of rotatable bonds is 3. The Morgan fingerprint density at radius 2 is 2.20 bits per heavy atom. The summed E-state index contributed by atoms with van der Waals surface area (Å²) in [6.07, 6.45) is 1.87. The maximum absolute atomic E-state index is 13.1. The van der Waals surface area contributed by atoms with E-state index >= 15 is 0 Å². The Morgan fingerprint density at radius 1 is 1.53 bits per heavy atom. The summed E-state index contributed by atoms with van der Waals surface area (Å²) in [6, 6.07) is 4.08. The van der Waals surface area contributed by atoms with Crippen molar-refractivity contribution in [3.63, 3.8) is 0 Å². The molecule has 0 saturated heterocycles. The van der Waals surface area contributed by atoms with Crippen LogP contribution in [0.2, 0.25) is 0 Å². The van der Waals surface area contributed by atoms with E-state index in [0.29, 0.717) is 0 Å². The Labute approximate surface area is 86.3 Å². The lowest BCUT2D eigenvalue weighted by Crippen LogP contribution is -2.24. The number of benzene rings is 1. The normalized spacial score (nSPS) is 17.5. The Hall–Kier alpha value is -1.49. The molecule has 1 aliphatic rings. The zero-order chi connectivity index (χ0) is 11.1. The van der Waals surface area contributed by atoms with Crippen LogP contribution in [0.25, 0.3) is 0 Å². The molecule has 0 aromatic heterocycles. The van der Waals surface area contributed by atoms with Gasteiger partial charge in [-0.05, 0) is 31.5 Å². The van der Waals surface area contributed by atoms with Crippen LogP contribution in [0.5, 0.6) is 0 Å². The van der Waals surface area contributed by atoms with Crippen molar-refractivity contribution in [2.45, 2.75) is 18.4 Å². The van der Waals surface area contributed by atoms with E-state index in [4.69, 9.17) is 0 Å². The van der Waals surface area contributed by atoms with Gasteiger partial charge in [0.2, 0.25) is 5.82 Å². The van der Waals surface area contributed by atoms with Gasteiger partial charge in [0.15, 0.2) is 0 Å². The maximum Gasteiger partial charge on any atom is 0.305 e. The molecular formula is C10H11FN2O2. The molecular weight excluding hydrogens is 199 g/mol. The standard InChI is InChI=1S/C10H11FN2O2/c1-12-10(4-5-10)7-2-3-8(11)9(6-7)13(14)15/h2-3,6,12H,4-5H2,1H3. The predicted molar refractivity (Wildman–Crippen MR) is 53.0 cm³/mol. The molecule has 0 atom stereocenters. The average Bonchev–Trinajstić information content (AvgIpc) is 2.99. The molecule has 0 spiro atoms. The quantitative estimate of drug-likeness (QED) is 0.612. The molecule has 80 valence electrons. The summed E-state index contributed by atoms with van der Waals surface area (Å²) in [5.41, 5.74) is 0.172. The van der Waals surface area contributed by atoms with Gasteiger partial charge in [-0.2, -0.15) is 4.39 Å². The largest absolute Gasteiger partial charge is 0.310 e. The number of nitro groups is 1. The smallest absolute Gasteiger partial charge is 0.305 e. The predicted octanol–water partition coefficient (Wildman–Crippen LogP) is 1.94. The first-order valence-electron chi connectivity index (χ1n) is 4.72. The highest BCUT2D eigenvalue weighted by Gasteiger charge is 2.43. The molecule has 0 unspecified atom stereocenters. The van der Waals surface area contributed by atoms with Crippen molar-refractivity contribution in [3.05, 3.63) is 39.7 Å². The van der Waals surface area contributed by atoms with Crippen LogP contribution in [-0.2, 0) is 5.54 Å². The molecule has 1 N–H and O–H groups in total. The molecule has 4 nitrogen and oxygen atoms in total. The van der Waals surface area contributed by atoms with Crippen LogP contribution in [0.15, 0.2) is 18.2 Å². The Morgan fingerprint density at radius 3 is 2.67 bits per heavy atom. The number of hydrogen-bond acceptors (Lipinski definition) is 3. The fourth-order valence-electron chi connectivity index (χ4n) is 1.76. The number of halogens is 1. The summed E-state index contributed by atoms with van der Waals surface area (Å²) >= 11 is 0. The van der Waals surface area contributed by atoms with Crippen LogP contribution < -0.4 is 5.32 Å². The van der Waals surface area contributed by atoms with Crippen molar-refractivity contribution in [3.8, 4) is 0 Å². The molecule has 0 heterocycles. The van der Waals surface area contributed by atoms with Gasteiger partial charge >= 0.3 is 5.69 Å². The monoisotopic (exact) mass is 210 g/mol. The Bertz CT molecular complexity index is 416. The van der Waals surface area contributed by atoms with Gasteiger partial charge in [-0.15, -0.1) is 0 Å². The zero-order valence-corrected chi connectivity index (χ0v) is 8.29. The lowest BCUT2D eigenvalue weighted by molar-refractivity contribution is -0.387. The number of nitrogens with zero attached hydrogens (tertiary/aromatic N) is 1. The SMILES string of the molecule is CNC1(c2ccc(F)c([N+](=O)[O-])c2)CC1. The first-order chi connectivity index (χ1) is 7.09. The van der Waals surface area contributed by atoms with Gasteiger partial charge in [0, 0.05) is 11.6 Å². The summed E-state index contributed by atoms with van der Waals surface area (Å²) in [7, 11) is 1.81. The van der Waals surface area contributed by atoms with Crippen molar-refractivity contribution < 1.29 is 9.31 Å². The summed E-state index contributed by atoms with van der Waals surface area (Å²) in [6.45, 7) is 0. The summed E-state index contributed by atoms with van der Waals surface area (Å²) < 4.78 is 13.1. The summed E-state index contributed by atoms with van der Waals surface area (Å²) in [4.78, 5) is 9.86. The van der Waals surface area contributed by atoms with Crippen molar-refractivity contribution in [2.24, 2.45) is 0 Å². The highest BCUT2D eigenvalue weighted by molar-refractivity contribution is 5.41. The molecule has 1 aromatic rings. The third-order valence-electron chi connectivity index (χ3n) is 2.92. The van der Waals surface area contributed by atoms with E-state index in [9.17, 15) is 14.5 Å². The molecule has 1 saturated carbocycles. The van der Waals surface area contributed by atoms with Crippen LogP contribution in [0.1, 0.15) is 18.4 Å². The van der Waals surface area contributed by atoms with Gasteiger partial charge in [0.1, 0.15) is 0 Å². The molecule has 0 bridgehead atoms. The number of hydrogen-bond donors (Lipinski definition) is 1. The van der Waals surface area contributed by atoms with Gasteiger partial charge in [-0.3, -0.25) is 10.1 Å². The van der Waals surface area contributed by atoms with Crippen molar-refractivity contribution in [2.75, 3.05) is 7.05 Å². The molecule has 0 amide bonds. The van der Waals surface area contributed by atoms with Crippen LogP contribution in [0, 0.1) is 15.9 Å². The second-order valence-corrected chi connectivity index (χ2v) is 3.76. The fraction of sp³-hybridized carbons (Fsp3) is 0.400. The molecule has 15 heavy (non-hydrogen) atoms. The number of nitrogens with one attached hydrogen (secondary N) is 1. The molecule has 0 radical (unpaired) electrons. The van der Waals surface area contributed by atoms with Gasteiger partial charge < -0.3 is 5.32 Å². The van der Waals surface area contributed by atoms with Gasteiger partial charge in [-0.1, -0.05) is 6.07 Å². The Balaban J connectivity index is 2.43. The van der Waals surface area contributed by atoms with E-state index in [-0.39, 0.29) is 5.54 Å². The highest BCUT2D eigenvalue weighted by Crippen LogP contribution is 2.45.